The molecule has 4 aromatic carbocycles. The lowest BCUT2D eigenvalue weighted by Crippen LogP contribution is -2.44. The molecule has 2 aliphatic heterocycles. The number of halogens is 5. The fourth-order valence-corrected chi connectivity index (χ4v) is 11.8. The minimum Gasteiger partial charge on any atom is -0.495 e. The summed E-state index contributed by atoms with van der Waals surface area (Å²) < 4.78 is 51.3. The van der Waals surface area contributed by atoms with Crippen LogP contribution in [0.25, 0.3) is 5.00 Å². The number of fused-ring (bicyclic) bond motifs is 3. The zero-order chi connectivity index (χ0) is 54.6. The first-order valence-corrected chi connectivity index (χ1v) is 26.9. The molecule has 0 spiro atoms. The predicted octanol–water partition coefficient (Wildman–Crippen LogP) is 10.8. The Kier molecular flexibility index (Phi) is 17.7. The second-order valence-electron chi connectivity index (χ2n) is 20.3. The van der Waals surface area contributed by atoms with Crippen molar-refractivity contribution in [2.75, 3.05) is 51.9 Å². The van der Waals surface area contributed by atoms with Gasteiger partial charge in [-0.2, -0.15) is 0 Å². The molecule has 20 heteroatoms. The summed E-state index contributed by atoms with van der Waals surface area (Å²) in [6.07, 6.45) is 0.546. The lowest BCUT2D eigenvalue weighted by Gasteiger charge is -2.40. The van der Waals surface area contributed by atoms with Crippen LogP contribution < -0.4 is 26.0 Å². The van der Waals surface area contributed by atoms with E-state index in [1.54, 1.807) is 47.7 Å². The molecule has 14 nitrogen and oxygen atoms in total. The van der Waals surface area contributed by atoms with E-state index in [0.29, 0.717) is 23.1 Å². The van der Waals surface area contributed by atoms with Crippen LogP contribution in [-0.4, -0.2) is 96.9 Å². The average Bonchev–Trinajstić information content (AvgIpc) is 4.04. The van der Waals surface area contributed by atoms with Crippen LogP contribution in [0.2, 0.25) is 15.1 Å². The largest absolute Gasteiger partial charge is 0.495 e. The summed E-state index contributed by atoms with van der Waals surface area (Å²) in [5.41, 5.74) is 3.24. The van der Waals surface area contributed by atoms with Gasteiger partial charge in [0.25, 0.3) is 5.91 Å². The molecule has 4 N–H and O–H groups in total. The number of carbonyl (C=O) groups excluding carboxylic acids is 3. The summed E-state index contributed by atoms with van der Waals surface area (Å²) in [4.78, 5) is 47.5. The lowest BCUT2D eigenvalue weighted by molar-refractivity contribution is -0.121. The number of hydrogen-bond donors (Lipinski definition) is 4. The van der Waals surface area contributed by atoms with Gasteiger partial charge in [-0.1, -0.05) is 92.8 Å². The van der Waals surface area contributed by atoms with Gasteiger partial charge in [0, 0.05) is 62.1 Å². The van der Waals surface area contributed by atoms with Crippen LogP contribution >= 0.6 is 46.1 Å². The quantitative estimate of drug-likeness (QED) is 0.0577. The first-order valence-electron chi connectivity index (χ1n) is 24.9. The average molecular weight is 1120 g/mol. The number of aryl methyl sites for hydroxylation is 2. The van der Waals surface area contributed by atoms with Crippen LogP contribution in [0.4, 0.5) is 14.5 Å². The SMILES string of the molecule is COc1cc(C(=O)NCCOCCOCCNC(=O)C[C@@H]2N=C(c3ccc(Cl)cc3)c3c(sc(C)c3C)-n3c(C)nnc32)ccc1NC(=O)[C@H]1N[C@H](CC(C)(C)C)[C@@](C)(c2ccc(Cl)cc2F)[C@@H]1c1cccc(Cl)c1F. The molecule has 76 heavy (non-hydrogen) atoms. The molecule has 402 valence electrons. The Morgan fingerprint density at radius 1 is 0.868 bits per heavy atom. The van der Waals surface area contributed by atoms with Crippen molar-refractivity contribution in [2.45, 2.75) is 90.8 Å². The van der Waals surface area contributed by atoms with Crippen molar-refractivity contribution in [1.82, 2.24) is 30.7 Å². The Hall–Kier alpha value is -5.79. The maximum Gasteiger partial charge on any atom is 0.251 e. The number of nitrogens with one attached hydrogen (secondary N) is 4. The molecular formula is C56H61Cl3F2N8O6S. The lowest BCUT2D eigenvalue weighted by atomic mass is 9.63. The van der Waals surface area contributed by atoms with Crippen molar-refractivity contribution >= 4 is 75.3 Å². The van der Waals surface area contributed by atoms with Crippen molar-refractivity contribution in [3.8, 4) is 10.8 Å². The molecular weight excluding hydrogens is 1060 g/mol. The van der Waals surface area contributed by atoms with Gasteiger partial charge in [-0.3, -0.25) is 23.9 Å². The number of aromatic nitrogens is 3. The second kappa shape index (κ2) is 23.8. The first-order chi connectivity index (χ1) is 36.2. The molecule has 8 rings (SSSR count). The number of rotatable bonds is 19. The molecule has 5 atom stereocenters. The van der Waals surface area contributed by atoms with E-state index in [2.05, 4.69) is 45.3 Å². The highest BCUT2D eigenvalue weighted by Crippen LogP contribution is 2.53. The standard InChI is InChI=1S/C56H61Cl3F2N8O6S/c1-30-31(2)76-54-46(30)49(33-12-15-35(57)16-13-33)64-42(51-68-67-32(3)69(51)54)28-45(70)62-20-22-74-24-25-75-23-21-63-52(71)34-14-19-41(43(26-34)73-8)65-53(72)50-47(37-10-9-11-39(59)48(37)61)56(7,44(66-50)29-55(4,5)6)38-18-17-36(58)27-40(38)60/h9-19,26-27,42,44,47,50,66H,20-25,28-29H2,1-8H3,(H,62,70)(H,63,71)(H,65,72)/t42-,44+,47+,50-,56+/m0/s1. The fourth-order valence-electron chi connectivity index (χ4n) is 10.2. The molecule has 6 aromatic rings. The van der Waals surface area contributed by atoms with E-state index in [-0.39, 0.29) is 95.4 Å². The van der Waals surface area contributed by atoms with Crippen molar-refractivity contribution in [1.29, 1.82) is 0 Å². The number of amides is 3. The van der Waals surface area contributed by atoms with Gasteiger partial charge in [0.2, 0.25) is 11.8 Å². The molecule has 2 aromatic heterocycles. The van der Waals surface area contributed by atoms with Crippen molar-refractivity contribution in [3.05, 3.63) is 155 Å². The summed E-state index contributed by atoms with van der Waals surface area (Å²) in [7, 11) is 1.41. The van der Waals surface area contributed by atoms with E-state index in [9.17, 15) is 14.4 Å². The number of aliphatic imine (C=N–C) groups is 1. The highest BCUT2D eigenvalue weighted by molar-refractivity contribution is 7.15. The Bertz CT molecular complexity index is 3160. The molecule has 2 aliphatic rings. The normalized spacial score (nSPS) is 19.1. The van der Waals surface area contributed by atoms with Crippen LogP contribution in [0.3, 0.4) is 0 Å². The third-order valence-corrected chi connectivity index (χ3v) is 15.9. The number of ether oxygens (including phenoxy) is 3. The highest BCUT2D eigenvalue weighted by Gasteiger charge is 2.58. The number of benzene rings is 4. The zero-order valence-corrected chi connectivity index (χ0v) is 46.6. The van der Waals surface area contributed by atoms with Gasteiger partial charge in [-0.25, -0.2) is 8.78 Å². The maximum absolute atomic E-state index is 16.2. The number of carbonyl (C=O) groups is 3. The van der Waals surface area contributed by atoms with Crippen LogP contribution in [0.15, 0.2) is 83.9 Å². The van der Waals surface area contributed by atoms with Crippen molar-refractivity contribution in [2.24, 2.45) is 10.4 Å². The number of nitrogens with zero attached hydrogens (tertiary/aromatic N) is 4. The third-order valence-electron chi connectivity index (χ3n) is 13.9. The minimum absolute atomic E-state index is 0.0480. The van der Waals surface area contributed by atoms with Crippen LogP contribution in [0.5, 0.6) is 5.75 Å². The molecule has 3 amide bonds. The predicted molar refractivity (Wildman–Crippen MR) is 294 cm³/mol. The molecule has 0 aliphatic carbocycles. The number of hydrogen-bond acceptors (Lipinski definition) is 11. The van der Waals surface area contributed by atoms with Gasteiger partial charge in [0.05, 0.1) is 62.4 Å². The molecule has 1 saturated heterocycles. The Morgan fingerprint density at radius 2 is 1.57 bits per heavy atom. The summed E-state index contributed by atoms with van der Waals surface area (Å²) >= 11 is 20.4. The highest BCUT2D eigenvalue weighted by atomic mass is 35.5. The Labute approximate surface area is 460 Å². The maximum atomic E-state index is 16.2. The number of methoxy groups -OCH3 is 1. The summed E-state index contributed by atoms with van der Waals surface area (Å²) in [5, 5.41) is 22.7. The van der Waals surface area contributed by atoms with Crippen molar-refractivity contribution < 1.29 is 37.4 Å². The first kappa shape index (κ1) is 56.4. The Balaban J connectivity index is 0.820. The van der Waals surface area contributed by atoms with Crippen molar-refractivity contribution in [3.63, 3.8) is 0 Å². The van der Waals surface area contributed by atoms with E-state index in [4.69, 9.17) is 54.0 Å². The van der Waals surface area contributed by atoms with E-state index < -0.39 is 52.9 Å². The minimum atomic E-state index is -1.17. The summed E-state index contributed by atoms with van der Waals surface area (Å²) in [6.45, 7) is 15.4. The summed E-state index contributed by atoms with van der Waals surface area (Å²) in [5.74, 6) is -1.87. The van der Waals surface area contributed by atoms with Gasteiger partial charge in [-0.15, -0.1) is 21.5 Å². The molecule has 0 bridgehead atoms. The second-order valence-corrected chi connectivity index (χ2v) is 22.8. The Morgan fingerprint density at radius 3 is 2.25 bits per heavy atom. The monoisotopic (exact) mass is 1120 g/mol. The number of anilines is 1. The third kappa shape index (κ3) is 12.2. The van der Waals surface area contributed by atoms with Gasteiger partial charge in [0.1, 0.15) is 34.3 Å². The molecule has 0 radical (unpaired) electrons. The smallest absolute Gasteiger partial charge is 0.251 e. The van der Waals surface area contributed by atoms with Gasteiger partial charge < -0.3 is 35.5 Å². The molecule has 1 fully saturated rings. The zero-order valence-electron chi connectivity index (χ0n) is 43.5. The van der Waals surface area contributed by atoms with Crippen LogP contribution in [0, 0.1) is 37.8 Å². The van der Waals surface area contributed by atoms with Crippen LogP contribution in [0.1, 0.15) is 107 Å². The van der Waals surface area contributed by atoms with Gasteiger partial charge in [0.15, 0.2) is 5.82 Å². The molecule has 0 unspecified atom stereocenters. The van der Waals surface area contributed by atoms with E-state index in [0.717, 1.165) is 32.3 Å². The van der Waals surface area contributed by atoms with Crippen LogP contribution in [-0.2, 0) is 24.5 Å². The fraction of sp³-hybridized carbons (Fsp3) is 0.393. The van der Waals surface area contributed by atoms with E-state index >= 15 is 8.78 Å². The van der Waals surface area contributed by atoms with E-state index in [1.165, 1.54) is 25.3 Å². The van der Waals surface area contributed by atoms with Gasteiger partial charge in [-0.05, 0) is 97.8 Å². The summed E-state index contributed by atoms with van der Waals surface area (Å²) in [6, 6.07) is 18.9. The number of thiophene rings is 1. The topological polar surface area (TPSA) is 170 Å². The molecule has 4 heterocycles. The van der Waals surface area contributed by atoms with Gasteiger partial charge >= 0.3 is 0 Å². The molecule has 0 saturated carbocycles. The van der Waals surface area contributed by atoms with E-state index in [1.807, 2.05) is 63.5 Å².